The van der Waals surface area contributed by atoms with E-state index in [1.807, 2.05) is 6.07 Å². The number of methoxy groups -OCH3 is 1. The molecule has 0 fully saturated rings. The van der Waals surface area contributed by atoms with E-state index >= 15 is 0 Å². The third-order valence-corrected chi connectivity index (χ3v) is 5.21. The van der Waals surface area contributed by atoms with E-state index < -0.39 is 0 Å². The minimum atomic E-state index is -0.230. The van der Waals surface area contributed by atoms with Crippen LogP contribution in [0.15, 0.2) is 40.9 Å². The number of hydrogen-bond donors (Lipinski definition) is 1. The molecule has 6 heteroatoms. The molecule has 0 radical (unpaired) electrons. The number of benzene rings is 2. The lowest BCUT2D eigenvalue weighted by atomic mass is 9.86. The fourth-order valence-corrected chi connectivity index (χ4v) is 4.31. The highest BCUT2D eigenvalue weighted by atomic mass is 79.9. The monoisotopic (exact) mass is 416 g/mol. The minimum Gasteiger partial charge on any atom is -0.497 e. The largest absolute Gasteiger partial charge is 0.497 e. The number of fused-ring (bicyclic) bond motifs is 1. The molecule has 26 heavy (non-hydrogen) atoms. The summed E-state index contributed by atoms with van der Waals surface area (Å²) in [4.78, 5) is 26.5. The zero-order valence-corrected chi connectivity index (χ0v) is 16.8. The average molecular weight is 417 g/mol. The molecule has 0 spiro atoms. The fraction of sp³-hybridized carbons (Fsp3) is 0.300. The van der Waals surface area contributed by atoms with E-state index in [-0.39, 0.29) is 17.2 Å². The lowest BCUT2D eigenvalue weighted by molar-refractivity contribution is -0.116. The van der Waals surface area contributed by atoms with Gasteiger partial charge in [-0.15, -0.1) is 0 Å². The van der Waals surface area contributed by atoms with E-state index in [4.69, 9.17) is 4.74 Å². The van der Waals surface area contributed by atoms with Crippen LogP contribution in [0.3, 0.4) is 0 Å². The summed E-state index contributed by atoms with van der Waals surface area (Å²) >= 11 is 3.59. The van der Waals surface area contributed by atoms with Gasteiger partial charge >= 0.3 is 0 Å². The molecule has 3 rings (SSSR count). The second-order valence-corrected chi connectivity index (χ2v) is 7.88. The Balaban J connectivity index is 1.94. The zero-order valence-electron chi connectivity index (χ0n) is 15.2. The summed E-state index contributed by atoms with van der Waals surface area (Å²) in [5, 5.41) is 2.87. The summed E-state index contributed by atoms with van der Waals surface area (Å²) in [7, 11) is 1.60. The van der Waals surface area contributed by atoms with E-state index in [1.54, 1.807) is 49.3 Å². The molecule has 1 aliphatic heterocycles. The first-order chi connectivity index (χ1) is 12.2. The molecule has 2 amide bonds. The van der Waals surface area contributed by atoms with Crippen LogP contribution in [0.25, 0.3) is 0 Å². The third-order valence-electron chi connectivity index (χ3n) is 4.58. The van der Waals surface area contributed by atoms with Crippen LogP contribution in [0.5, 0.6) is 5.75 Å². The Morgan fingerprint density at radius 2 is 1.85 bits per heavy atom. The van der Waals surface area contributed by atoms with Crippen LogP contribution < -0.4 is 15.0 Å². The molecule has 2 aromatic carbocycles. The van der Waals surface area contributed by atoms with Crippen LogP contribution in [0.4, 0.5) is 11.4 Å². The molecule has 0 aliphatic carbocycles. The first-order valence-corrected chi connectivity index (χ1v) is 9.10. The average Bonchev–Trinajstić information content (AvgIpc) is 2.87. The molecule has 0 atom stereocenters. The third kappa shape index (κ3) is 3.33. The van der Waals surface area contributed by atoms with Gasteiger partial charge in [0, 0.05) is 40.3 Å². The summed E-state index contributed by atoms with van der Waals surface area (Å²) in [6.45, 7) is 6.33. The highest BCUT2D eigenvalue weighted by Gasteiger charge is 2.39. The SMILES string of the molecule is COc1ccc(NC(=O)c2cc(Br)c3c(c2)N(C(C)=O)CC3(C)C)cc1. The van der Waals surface area contributed by atoms with Crippen molar-refractivity contribution in [1.82, 2.24) is 0 Å². The van der Waals surface area contributed by atoms with Crippen molar-refractivity contribution in [3.05, 3.63) is 52.0 Å². The van der Waals surface area contributed by atoms with Crippen LogP contribution in [-0.4, -0.2) is 25.5 Å². The highest BCUT2D eigenvalue weighted by molar-refractivity contribution is 9.10. The predicted octanol–water partition coefficient (Wildman–Crippen LogP) is 4.35. The number of rotatable bonds is 3. The van der Waals surface area contributed by atoms with Crippen LogP contribution in [0.2, 0.25) is 0 Å². The summed E-state index contributed by atoms with van der Waals surface area (Å²) in [6, 6.07) is 10.7. The molecular weight excluding hydrogens is 396 g/mol. The van der Waals surface area contributed by atoms with Crippen molar-refractivity contribution in [2.45, 2.75) is 26.2 Å². The van der Waals surface area contributed by atoms with Crippen LogP contribution in [0, 0.1) is 0 Å². The van der Waals surface area contributed by atoms with Crippen molar-refractivity contribution < 1.29 is 14.3 Å². The second-order valence-electron chi connectivity index (χ2n) is 7.02. The molecule has 0 aromatic heterocycles. The Bertz CT molecular complexity index is 875. The molecule has 5 nitrogen and oxygen atoms in total. The number of ether oxygens (including phenoxy) is 1. The Labute approximate surface area is 161 Å². The number of amides is 2. The van der Waals surface area contributed by atoms with E-state index in [2.05, 4.69) is 35.1 Å². The number of anilines is 2. The van der Waals surface area contributed by atoms with Crippen molar-refractivity contribution in [3.8, 4) is 5.75 Å². The van der Waals surface area contributed by atoms with Gasteiger partial charge < -0.3 is 15.0 Å². The maximum absolute atomic E-state index is 12.7. The molecule has 0 bridgehead atoms. The highest BCUT2D eigenvalue weighted by Crippen LogP contribution is 2.45. The molecule has 0 saturated heterocycles. The quantitative estimate of drug-likeness (QED) is 0.808. The van der Waals surface area contributed by atoms with Crippen LogP contribution in [0.1, 0.15) is 36.7 Å². The van der Waals surface area contributed by atoms with Crippen molar-refractivity contribution in [2.75, 3.05) is 23.9 Å². The number of halogens is 1. The second kappa shape index (κ2) is 6.76. The van der Waals surface area contributed by atoms with Gasteiger partial charge in [0.25, 0.3) is 5.91 Å². The number of nitrogens with one attached hydrogen (secondary N) is 1. The van der Waals surface area contributed by atoms with Gasteiger partial charge in [-0.05, 0) is 42.0 Å². The molecular formula is C20H21BrN2O3. The maximum atomic E-state index is 12.7. The fourth-order valence-electron chi connectivity index (χ4n) is 3.32. The topological polar surface area (TPSA) is 58.6 Å². The predicted molar refractivity (Wildman–Crippen MR) is 106 cm³/mol. The molecule has 136 valence electrons. The normalized spacial score (nSPS) is 14.7. The first-order valence-electron chi connectivity index (χ1n) is 8.30. The molecule has 1 heterocycles. The van der Waals surface area contributed by atoms with Crippen molar-refractivity contribution in [1.29, 1.82) is 0 Å². The number of carbonyl (C=O) groups excluding carboxylic acids is 2. The lowest BCUT2D eigenvalue weighted by Gasteiger charge is -2.20. The van der Waals surface area contributed by atoms with Gasteiger partial charge in [0.2, 0.25) is 5.91 Å². The summed E-state index contributed by atoms with van der Waals surface area (Å²) in [6.07, 6.45) is 0. The lowest BCUT2D eigenvalue weighted by Crippen LogP contribution is -2.32. The Hall–Kier alpha value is -2.34. The van der Waals surface area contributed by atoms with Crippen molar-refractivity contribution in [2.24, 2.45) is 0 Å². The molecule has 2 aromatic rings. The zero-order chi connectivity index (χ0) is 19.1. The smallest absolute Gasteiger partial charge is 0.255 e. The van der Waals surface area contributed by atoms with Gasteiger partial charge in [-0.3, -0.25) is 9.59 Å². The van der Waals surface area contributed by atoms with Gasteiger partial charge in [0.15, 0.2) is 0 Å². The van der Waals surface area contributed by atoms with E-state index in [9.17, 15) is 9.59 Å². The van der Waals surface area contributed by atoms with E-state index in [0.29, 0.717) is 17.8 Å². The van der Waals surface area contributed by atoms with Crippen molar-refractivity contribution in [3.63, 3.8) is 0 Å². The Morgan fingerprint density at radius 3 is 2.42 bits per heavy atom. The first kappa shape index (κ1) is 18.5. The Morgan fingerprint density at radius 1 is 1.19 bits per heavy atom. The maximum Gasteiger partial charge on any atom is 0.255 e. The minimum absolute atomic E-state index is 0.0311. The number of nitrogens with zero attached hydrogens (tertiary/aromatic N) is 1. The van der Waals surface area contributed by atoms with E-state index in [0.717, 1.165) is 21.5 Å². The van der Waals surface area contributed by atoms with Gasteiger partial charge in [-0.25, -0.2) is 0 Å². The number of carbonyl (C=O) groups is 2. The van der Waals surface area contributed by atoms with Crippen LogP contribution in [-0.2, 0) is 10.2 Å². The van der Waals surface area contributed by atoms with Gasteiger partial charge in [0.05, 0.1) is 7.11 Å². The summed E-state index contributed by atoms with van der Waals surface area (Å²) in [5.74, 6) is 0.464. The molecule has 0 unspecified atom stereocenters. The molecule has 0 saturated carbocycles. The standard InChI is InChI=1S/C20H21BrN2O3/c1-12(24)23-11-20(2,3)18-16(21)9-13(10-17(18)23)19(25)22-14-5-7-15(26-4)8-6-14/h5-10H,11H2,1-4H3,(H,22,25). The molecule has 1 aliphatic rings. The summed E-state index contributed by atoms with van der Waals surface area (Å²) < 4.78 is 5.96. The number of hydrogen-bond acceptors (Lipinski definition) is 3. The van der Waals surface area contributed by atoms with Crippen molar-refractivity contribution >= 4 is 39.1 Å². The van der Waals surface area contributed by atoms with Gasteiger partial charge in [-0.1, -0.05) is 29.8 Å². The Kier molecular flexibility index (Phi) is 4.80. The van der Waals surface area contributed by atoms with Gasteiger partial charge in [0.1, 0.15) is 5.75 Å². The van der Waals surface area contributed by atoms with Gasteiger partial charge in [-0.2, -0.15) is 0 Å². The van der Waals surface area contributed by atoms with Crippen LogP contribution >= 0.6 is 15.9 Å². The molecule has 1 N–H and O–H groups in total. The summed E-state index contributed by atoms with van der Waals surface area (Å²) in [5.41, 5.74) is 2.84. The van der Waals surface area contributed by atoms with E-state index in [1.165, 1.54) is 0 Å².